The number of carbonyl (C=O) groups is 2. The second kappa shape index (κ2) is 10.8. The van der Waals surface area contributed by atoms with Crippen LogP contribution < -0.4 is 10.1 Å². The Hall–Kier alpha value is -3.85. The van der Waals surface area contributed by atoms with Crippen molar-refractivity contribution in [1.82, 2.24) is 5.32 Å². The Bertz CT molecular complexity index is 1100. The second-order valence-electron chi connectivity index (χ2n) is 7.54. The van der Waals surface area contributed by atoms with Gasteiger partial charge in [0.15, 0.2) is 6.10 Å². The van der Waals surface area contributed by atoms with Crippen LogP contribution in [-0.2, 0) is 28.8 Å². The molecule has 3 aromatic carbocycles. The number of carboxylic acid groups (broad SMARTS) is 1. The van der Waals surface area contributed by atoms with Crippen molar-refractivity contribution in [2.24, 2.45) is 0 Å². The third kappa shape index (κ3) is 6.82. The summed E-state index contributed by atoms with van der Waals surface area (Å²) < 4.78 is 43.7. The lowest BCUT2D eigenvalue weighted by Crippen LogP contribution is -2.44. The molecule has 3 aromatic rings. The molecule has 9 heteroatoms. The third-order valence-corrected chi connectivity index (χ3v) is 5.03. The maximum Gasteiger partial charge on any atom is 0.416 e. The van der Waals surface area contributed by atoms with Gasteiger partial charge in [0.05, 0.1) is 5.56 Å². The summed E-state index contributed by atoms with van der Waals surface area (Å²) in [6, 6.07) is 18.3. The van der Waals surface area contributed by atoms with Gasteiger partial charge in [0, 0.05) is 6.42 Å². The van der Waals surface area contributed by atoms with Crippen LogP contribution in [0.25, 0.3) is 0 Å². The van der Waals surface area contributed by atoms with Crippen LogP contribution in [0.2, 0.25) is 0 Å². The Balaban J connectivity index is 1.59. The molecule has 2 atom stereocenters. The Morgan fingerprint density at radius 1 is 0.882 bits per heavy atom. The fourth-order valence-corrected chi connectivity index (χ4v) is 3.15. The Morgan fingerprint density at radius 3 is 2.06 bits per heavy atom. The van der Waals surface area contributed by atoms with Gasteiger partial charge in [0.25, 0.3) is 5.91 Å². The van der Waals surface area contributed by atoms with Crippen LogP contribution in [0.15, 0.2) is 78.9 Å². The number of aliphatic hydroxyl groups excluding tert-OH is 1. The number of rotatable bonds is 9. The number of halogens is 3. The van der Waals surface area contributed by atoms with Gasteiger partial charge in [-0.1, -0.05) is 54.6 Å². The number of carbonyl (C=O) groups excluding carboxylic acids is 1. The van der Waals surface area contributed by atoms with E-state index in [-0.39, 0.29) is 12.0 Å². The van der Waals surface area contributed by atoms with Crippen molar-refractivity contribution in [1.29, 1.82) is 0 Å². The summed E-state index contributed by atoms with van der Waals surface area (Å²) >= 11 is 0. The van der Waals surface area contributed by atoms with Gasteiger partial charge >= 0.3 is 12.1 Å². The summed E-state index contributed by atoms with van der Waals surface area (Å²) in [4.78, 5) is 24.0. The predicted octanol–water partition coefficient (Wildman–Crippen LogP) is 4.13. The summed E-state index contributed by atoms with van der Waals surface area (Å²) in [6.45, 7) is 0.371. The molecule has 0 aromatic heterocycles. The monoisotopic (exact) mass is 473 g/mol. The number of alkyl halides is 3. The van der Waals surface area contributed by atoms with Crippen LogP contribution in [-0.4, -0.2) is 28.1 Å². The van der Waals surface area contributed by atoms with Gasteiger partial charge in [-0.05, 0) is 41.0 Å². The summed E-state index contributed by atoms with van der Waals surface area (Å²) in [5.41, 5.74) is 0.577. The second-order valence-corrected chi connectivity index (χ2v) is 7.54. The van der Waals surface area contributed by atoms with Gasteiger partial charge in [0.1, 0.15) is 18.4 Å². The lowest BCUT2D eigenvalue weighted by atomic mass is 10.0. The van der Waals surface area contributed by atoms with Crippen LogP contribution in [0.1, 0.15) is 28.4 Å². The minimum atomic E-state index is -4.55. The van der Waals surface area contributed by atoms with E-state index < -0.39 is 35.8 Å². The maximum atomic E-state index is 12.7. The first kappa shape index (κ1) is 24.8. The molecule has 0 aliphatic heterocycles. The van der Waals surface area contributed by atoms with Crippen LogP contribution in [0.5, 0.6) is 5.75 Å². The molecule has 6 nitrogen and oxygen atoms in total. The van der Waals surface area contributed by atoms with Gasteiger partial charge in [0.2, 0.25) is 0 Å². The third-order valence-electron chi connectivity index (χ3n) is 5.03. The van der Waals surface area contributed by atoms with Gasteiger partial charge in [-0.2, -0.15) is 13.2 Å². The van der Waals surface area contributed by atoms with Crippen LogP contribution in [0.3, 0.4) is 0 Å². The van der Waals surface area contributed by atoms with Crippen molar-refractivity contribution in [3.05, 3.63) is 101 Å². The first-order valence-corrected chi connectivity index (χ1v) is 10.3. The van der Waals surface area contributed by atoms with E-state index in [0.717, 1.165) is 29.8 Å². The Morgan fingerprint density at radius 2 is 1.50 bits per heavy atom. The molecule has 3 rings (SSSR count). The number of aliphatic hydroxyl groups is 1. The minimum absolute atomic E-state index is 0.0697. The summed E-state index contributed by atoms with van der Waals surface area (Å²) in [5.74, 6) is -1.77. The van der Waals surface area contributed by atoms with E-state index in [1.807, 2.05) is 30.3 Å². The number of hydrogen-bond donors (Lipinski definition) is 3. The number of benzene rings is 3. The normalized spacial score (nSPS) is 13.1. The number of amides is 1. The van der Waals surface area contributed by atoms with Crippen molar-refractivity contribution in [3.63, 3.8) is 0 Å². The highest BCUT2D eigenvalue weighted by Crippen LogP contribution is 2.30. The summed E-state index contributed by atoms with van der Waals surface area (Å²) in [6.07, 6.45) is -6.44. The number of hydrogen-bond acceptors (Lipinski definition) is 4. The Kier molecular flexibility index (Phi) is 7.91. The summed E-state index contributed by atoms with van der Waals surface area (Å²) in [7, 11) is 0. The van der Waals surface area contributed by atoms with E-state index in [2.05, 4.69) is 5.32 Å². The molecule has 0 spiro atoms. The SMILES string of the molecule is O=C(O)[C@H](Cc1ccc(OCc2ccccc2)cc1)NC(=O)[C@H](O)c1ccc(C(F)(F)F)cc1. The van der Waals surface area contributed by atoms with Crippen LogP contribution >= 0.6 is 0 Å². The quantitative estimate of drug-likeness (QED) is 0.434. The highest BCUT2D eigenvalue weighted by atomic mass is 19.4. The molecule has 3 N–H and O–H groups in total. The van der Waals surface area contributed by atoms with Crippen molar-refractivity contribution < 1.29 is 37.7 Å². The van der Waals surface area contributed by atoms with Crippen molar-refractivity contribution in [2.45, 2.75) is 31.3 Å². The van der Waals surface area contributed by atoms with Crippen LogP contribution in [0.4, 0.5) is 13.2 Å². The molecule has 0 saturated carbocycles. The maximum absolute atomic E-state index is 12.7. The molecule has 0 radical (unpaired) electrons. The van der Waals surface area contributed by atoms with E-state index in [1.165, 1.54) is 0 Å². The molecule has 34 heavy (non-hydrogen) atoms. The fourth-order valence-electron chi connectivity index (χ4n) is 3.15. The van der Waals surface area contributed by atoms with E-state index in [0.29, 0.717) is 17.9 Å². The van der Waals surface area contributed by atoms with Gasteiger partial charge in [-0.15, -0.1) is 0 Å². The molecule has 1 amide bonds. The average molecular weight is 473 g/mol. The Labute approximate surface area is 193 Å². The molecule has 0 bridgehead atoms. The van der Waals surface area contributed by atoms with E-state index in [4.69, 9.17) is 4.74 Å². The molecule has 0 heterocycles. The van der Waals surface area contributed by atoms with E-state index >= 15 is 0 Å². The summed E-state index contributed by atoms with van der Waals surface area (Å²) in [5, 5.41) is 21.9. The van der Waals surface area contributed by atoms with Crippen LogP contribution in [0, 0.1) is 0 Å². The number of carboxylic acids is 1. The zero-order valence-corrected chi connectivity index (χ0v) is 17.8. The lowest BCUT2D eigenvalue weighted by Gasteiger charge is -2.18. The number of ether oxygens (including phenoxy) is 1. The van der Waals surface area contributed by atoms with E-state index in [1.54, 1.807) is 24.3 Å². The first-order chi connectivity index (χ1) is 16.1. The molecule has 0 unspecified atom stereocenters. The smallest absolute Gasteiger partial charge is 0.416 e. The van der Waals surface area contributed by atoms with Crippen molar-refractivity contribution >= 4 is 11.9 Å². The zero-order valence-electron chi connectivity index (χ0n) is 17.8. The molecule has 0 aliphatic rings. The molecule has 0 aliphatic carbocycles. The fraction of sp³-hybridized carbons (Fsp3) is 0.200. The largest absolute Gasteiger partial charge is 0.489 e. The standard InChI is InChI=1S/C25H22F3NO5/c26-25(27,28)19-10-8-18(9-11-19)22(30)23(31)29-21(24(32)33)14-16-6-12-20(13-7-16)34-15-17-4-2-1-3-5-17/h1-13,21-22,30H,14-15H2,(H,29,31)(H,32,33)/t21-,22+/m0/s1. The number of aliphatic carboxylic acids is 1. The van der Waals surface area contributed by atoms with Crippen molar-refractivity contribution in [2.75, 3.05) is 0 Å². The molecule has 178 valence electrons. The number of nitrogens with one attached hydrogen (secondary N) is 1. The lowest BCUT2D eigenvalue weighted by molar-refractivity contribution is -0.143. The average Bonchev–Trinajstić information content (AvgIpc) is 2.82. The highest BCUT2D eigenvalue weighted by molar-refractivity contribution is 5.87. The van der Waals surface area contributed by atoms with E-state index in [9.17, 15) is 33.0 Å². The topological polar surface area (TPSA) is 95.9 Å². The van der Waals surface area contributed by atoms with Crippen molar-refractivity contribution in [3.8, 4) is 5.75 Å². The molecular weight excluding hydrogens is 451 g/mol. The minimum Gasteiger partial charge on any atom is -0.489 e. The predicted molar refractivity (Wildman–Crippen MR) is 117 cm³/mol. The first-order valence-electron chi connectivity index (χ1n) is 10.3. The van der Waals surface area contributed by atoms with Gasteiger partial charge in [-0.25, -0.2) is 4.79 Å². The highest BCUT2D eigenvalue weighted by Gasteiger charge is 2.31. The van der Waals surface area contributed by atoms with Gasteiger partial charge < -0.3 is 20.3 Å². The molecule has 0 fully saturated rings. The molecule has 0 saturated heterocycles. The zero-order chi connectivity index (χ0) is 24.7. The molecular formula is C25H22F3NO5. The van der Waals surface area contributed by atoms with Gasteiger partial charge in [-0.3, -0.25) is 4.79 Å².